The van der Waals surface area contributed by atoms with Crippen molar-refractivity contribution in [3.63, 3.8) is 0 Å². The minimum absolute atomic E-state index is 0.0271. The van der Waals surface area contributed by atoms with Crippen LogP contribution in [0, 0.1) is 0 Å². The number of carbonyl (C=O) groups excluding carboxylic acids is 2. The number of nitrogens with two attached hydrogens (primary N) is 2. The van der Waals surface area contributed by atoms with Crippen molar-refractivity contribution >= 4 is 35.2 Å². The van der Waals surface area contributed by atoms with E-state index in [1.54, 1.807) is 7.05 Å². The van der Waals surface area contributed by atoms with Gasteiger partial charge in [0.1, 0.15) is 11.6 Å². The third-order valence-electron chi connectivity index (χ3n) is 2.45. The second-order valence-electron chi connectivity index (χ2n) is 4.39. The molecule has 0 saturated heterocycles. The van der Waals surface area contributed by atoms with Gasteiger partial charge in [0.25, 0.3) is 0 Å². The zero-order chi connectivity index (χ0) is 15.8. The maximum Gasteiger partial charge on any atom is 0.239 e. The molecule has 0 saturated carbocycles. The molecule has 0 aromatic carbocycles. The van der Waals surface area contributed by atoms with Gasteiger partial charge >= 0.3 is 0 Å². The Kier molecular flexibility index (Phi) is 6.73. The standard InChI is InChI=1S/C12H20N6O2S/c1-3-4-15-10(19)6-18(2)11(20)7-21-12-16-8(13)5-9(14)17-12/h5H,3-4,6-7H2,1-2H3,(H,15,19)(H4,13,14,16,17). The van der Waals surface area contributed by atoms with Gasteiger partial charge in [-0.2, -0.15) is 0 Å². The van der Waals surface area contributed by atoms with E-state index in [-0.39, 0.29) is 35.7 Å². The van der Waals surface area contributed by atoms with Gasteiger partial charge in [-0.15, -0.1) is 0 Å². The fourth-order valence-electron chi connectivity index (χ4n) is 1.39. The number of thioether (sulfide) groups is 1. The first kappa shape index (κ1) is 17.0. The number of hydrogen-bond donors (Lipinski definition) is 3. The summed E-state index contributed by atoms with van der Waals surface area (Å²) in [7, 11) is 1.57. The monoisotopic (exact) mass is 312 g/mol. The lowest BCUT2D eigenvalue weighted by atomic mass is 10.4. The van der Waals surface area contributed by atoms with Gasteiger partial charge in [0, 0.05) is 19.7 Å². The van der Waals surface area contributed by atoms with E-state index >= 15 is 0 Å². The first-order valence-corrected chi connectivity index (χ1v) is 7.44. The summed E-state index contributed by atoms with van der Waals surface area (Å²) < 4.78 is 0. The molecule has 2 amide bonds. The van der Waals surface area contributed by atoms with Gasteiger partial charge < -0.3 is 21.7 Å². The topological polar surface area (TPSA) is 127 Å². The van der Waals surface area contributed by atoms with E-state index in [1.165, 1.54) is 11.0 Å². The molecular formula is C12H20N6O2S. The predicted octanol–water partition coefficient (Wildman–Crippen LogP) is -0.282. The number of likely N-dealkylation sites (N-methyl/N-ethyl adjacent to an activating group) is 1. The normalized spacial score (nSPS) is 10.2. The van der Waals surface area contributed by atoms with Crippen LogP contribution in [0.15, 0.2) is 11.2 Å². The van der Waals surface area contributed by atoms with Crippen molar-refractivity contribution in [1.29, 1.82) is 0 Å². The molecule has 9 heteroatoms. The van der Waals surface area contributed by atoms with E-state index in [0.717, 1.165) is 18.2 Å². The van der Waals surface area contributed by atoms with Gasteiger partial charge in [0.2, 0.25) is 11.8 Å². The van der Waals surface area contributed by atoms with Gasteiger partial charge in [0.15, 0.2) is 5.16 Å². The lowest BCUT2D eigenvalue weighted by molar-refractivity contribution is -0.132. The van der Waals surface area contributed by atoms with Crippen LogP contribution in [-0.4, -0.2) is 52.6 Å². The van der Waals surface area contributed by atoms with E-state index in [0.29, 0.717) is 11.7 Å². The molecule has 0 bridgehead atoms. The van der Waals surface area contributed by atoms with Gasteiger partial charge in [-0.1, -0.05) is 18.7 Å². The van der Waals surface area contributed by atoms with Gasteiger partial charge in [-0.3, -0.25) is 9.59 Å². The first-order valence-electron chi connectivity index (χ1n) is 6.45. The lowest BCUT2D eigenvalue weighted by Gasteiger charge is -2.16. The molecule has 1 heterocycles. The minimum atomic E-state index is -0.198. The summed E-state index contributed by atoms with van der Waals surface area (Å²) in [4.78, 5) is 32.7. The Hall–Kier alpha value is -2.03. The third-order valence-corrected chi connectivity index (χ3v) is 3.28. The molecule has 0 radical (unpaired) electrons. The third kappa shape index (κ3) is 6.30. The Balaban J connectivity index is 2.43. The van der Waals surface area contributed by atoms with E-state index in [2.05, 4.69) is 15.3 Å². The zero-order valence-electron chi connectivity index (χ0n) is 12.1. The summed E-state index contributed by atoms with van der Waals surface area (Å²) in [6.07, 6.45) is 0.855. The molecule has 1 aromatic heterocycles. The lowest BCUT2D eigenvalue weighted by Crippen LogP contribution is -2.39. The molecule has 0 aliphatic carbocycles. The molecule has 8 nitrogen and oxygen atoms in total. The van der Waals surface area contributed by atoms with Crippen molar-refractivity contribution in [1.82, 2.24) is 20.2 Å². The molecule has 0 fully saturated rings. The Bertz CT molecular complexity index is 490. The second kappa shape index (κ2) is 8.30. The largest absolute Gasteiger partial charge is 0.383 e. The van der Waals surface area contributed by atoms with Crippen LogP contribution in [0.3, 0.4) is 0 Å². The number of anilines is 2. The Morgan fingerprint density at radius 2 is 1.95 bits per heavy atom. The highest BCUT2D eigenvalue weighted by atomic mass is 32.2. The van der Waals surface area contributed by atoms with E-state index in [4.69, 9.17) is 11.5 Å². The minimum Gasteiger partial charge on any atom is -0.383 e. The summed E-state index contributed by atoms with van der Waals surface area (Å²) in [6, 6.07) is 1.44. The average Bonchev–Trinajstić information content (AvgIpc) is 2.41. The smallest absolute Gasteiger partial charge is 0.239 e. The highest BCUT2D eigenvalue weighted by molar-refractivity contribution is 7.99. The van der Waals surface area contributed by atoms with Crippen LogP contribution in [0.4, 0.5) is 11.6 Å². The van der Waals surface area contributed by atoms with Crippen LogP contribution in [0.5, 0.6) is 0 Å². The van der Waals surface area contributed by atoms with Crippen molar-refractivity contribution in [2.45, 2.75) is 18.5 Å². The van der Waals surface area contributed by atoms with Crippen LogP contribution in [-0.2, 0) is 9.59 Å². The van der Waals surface area contributed by atoms with E-state index in [9.17, 15) is 9.59 Å². The van der Waals surface area contributed by atoms with Gasteiger partial charge in [-0.05, 0) is 6.42 Å². The number of rotatable bonds is 7. The quantitative estimate of drug-likeness (QED) is 0.466. The van der Waals surface area contributed by atoms with E-state index in [1.807, 2.05) is 6.92 Å². The molecule has 0 aliphatic rings. The highest BCUT2D eigenvalue weighted by Crippen LogP contribution is 2.16. The molecule has 1 aromatic rings. The molecule has 1 rings (SSSR count). The molecule has 0 atom stereocenters. The SMILES string of the molecule is CCCNC(=O)CN(C)C(=O)CSc1nc(N)cc(N)n1. The van der Waals surface area contributed by atoms with Crippen LogP contribution >= 0.6 is 11.8 Å². The molecule has 21 heavy (non-hydrogen) atoms. The van der Waals surface area contributed by atoms with Crippen molar-refractivity contribution in [3.8, 4) is 0 Å². The van der Waals surface area contributed by atoms with Crippen molar-refractivity contribution in [3.05, 3.63) is 6.07 Å². The van der Waals surface area contributed by atoms with E-state index < -0.39 is 0 Å². The Morgan fingerprint density at radius 3 is 2.52 bits per heavy atom. The average molecular weight is 312 g/mol. The molecule has 5 N–H and O–H groups in total. The Morgan fingerprint density at radius 1 is 1.33 bits per heavy atom. The number of hydrogen-bond acceptors (Lipinski definition) is 7. The molecule has 0 spiro atoms. The van der Waals surface area contributed by atoms with Gasteiger partial charge in [0.05, 0.1) is 12.3 Å². The summed E-state index contributed by atoms with van der Waals surface area (Å²) in [6.45, 7) is 2.59. The second-order valence-corrected chi connectivity index (χ2v) is 5.33. The van der Waals surface area contributed by atoms with Gasteiger partial charge in [-0.25, -0.2) is 9.97 Å². The number of amides is 2. The van der Waals surface area contributed by atoms with Crippen molar-refractivity contribution < 1.29 is 9.59 Å². The molecule has 0 aliphatic heterocycles. The summed E-state index contributed by atoms with van der Waals surface area (Å²) >= 11 is 1.12. The fraction of sp³-hybridized carbons (Fsp3) is 0.500. The molecule has 0 unspecified atom stereocenters. The number of carbonyl (C=O) groups is 2. The number of nitrogen functional groups attached to an aromatic ring is 2. The Labute approximate surface area is 127 Å². The molecule has 116 valence electrons. The van der Waals surface area contributed by atoms with Crippen LogP contribution in [0.1, 0.15) is 13.3 Å². The number of nitrogens with one attached hydrogen (secondary N) is 1. The number of aromatic nitrogens is 2. The maximum absolute atomic E-state index is 11.9. The zero-order valence-corrected chi connectivity index (χ0v) is 12.9. The molecular weight excluding hydrogens is 292 g/mol. The fourth-order valence-corrected chi connectivity index (χ4v) is 2.20. The maximum atomic E-state index is 11.9. The van der Waals surface area contributed by atoms with Crippen molar-refractivity contribution in [2.75, 3.05) is 37.4 Å². The predicted molar refractivity (Wildman–Crippen MR) is 82.5 cm³/mol. The summed E-state index contributed by atoms with van der Waals surface area (Å²) in [5, 5.41) is 3.05. The van der Waals surface area contributed by atoms with Crippen LogP contribution in [0.2, 0.25) is 0 Å². The van der Waals surface area contributed by atoms with Crippen LogP contribution < -0.4 is 16.8 Å². The highest BCUT2D eigenvalue weighted by Gasteiger charge is 2.14. The number of nitrogens with zero attached hydrogens (tertiary/aromatic N) is 3. The summed E-state index contributed by atoms with van der Waals surface area (Å²) in [5.74, 6) is 0.244. The van der Waals surface area contributed by atoms with Crippen LogP contribution in [0.25, 0.3) is 0 Å². The van der Waals surface area contributed by atoms with Crippen molar-refractivity contribution in [2.24, 2.45) is 0 Å². The first-order chi connectivity index (χ1) is 9.92. The summed E-state index contributed by atoms with van der Waals surface area (Å²) in [5.41, 5.74) is 11.1.